The summed E-state index contributed by atoms with van der Waals surface area (Å²) in [5, 5.41) is 8.64. The number of nitrogens with zero attached hydrogens (tertiary/aromatic N) is 5. The molecule has 2 aromatic rings. The van der Waals surface area contributed by atoms with Gasteiger partial charge in [0.25, 0.3) is 5.56 Å². The van der Waals surface area contributed by atoms with E-state index < -0.39 is 0 Å². The number of aryl methyl sites for hydroxylation is 1. The van der Waals surface area contributed by atoms with E-state index in [1.165, 1.54) is 4.68 Å². The van der Waals surface area contributed by atoms with Gasteiger partial charge in [-0.1, -0.05) is 0 Å². The number of aromatic nitrogens is 4. The predicted molar refractivity (Wildman–Crippen MR) is 75.4 cm³/mol. The fourth-order valence-electron chi connectivity index (χ4n) is 2.59. The van der Waals surface area contributed by atoms with E-state index in [0.29, 0.717) is 6.54 Å². The van der Waals surface area contributed by atoms with Crippen molar-refractivity contribution in [1.29, 1.82) is 0 Å². The molecule has 6 heteroatoms. The second-order valence-electron chi connectivity index (χ2n) is 5.07. The number of hydrogen-bond donors (Lipinski definition) is 0. The van der Waals surface area contributed by atoms with Crippen molar-refractivity contribution in [2.24, 2.45) is 0 Å². The molecule has 0 saturated heterocycles. The smallest absolute Gasteiger partial charge is 0.267 e. The van der Waals surface area contributed by atoms with Gasteiger partial charge in [0, 0.05) is 51.1 Å². The predicted octanol–water partition coefficient (Wildman–Crippen LogP) is 0.518. The zero-order chi connectivity index (χ0) is 13.9. The second-order valence-corrected chi connectivity index (χ2v) is 5.07. The van der Waals surface area contributed by atoms with Crippen LogP contribution in [0, 0.1) is 0 Å². The Morgan fingerprint density at radius 2 is 2.25 bits per heavy atom. The molecule has 0 fully saturated rings. The van der Waals surface area contributed by atoms with Crippen LogP contribution in [0.3, 0.4) is 0 Å². The van der Waals surface area contributed by atoms with Crippen LogP contribution in [0.25, 0.3) is 0 Å². The Balaban J connectivity index is 1.69. The maximum absolute atomic E-state index is 11.8. The Labute approximate surface area is 117 Å². The van der Waals surface area contributed by atoms with Crippen molar-refractivity contribution in [2.45, 2.75) is 33.0 Å². The van der Waals surface area contributed by atoms with Crippen LogP contribution in [0.4, 0.5) is 0 Å². The van der Waals surface area contributed by atoms with Crippen LogP contribution >= 0.6 is 0 Å². The molecule has 0 bridgehead atoms. The summed E-state index contributed by atoms with van der Waals surface area (Å²) in [7, 11) is 0. The highest BCUT2D eigenvalue weighted by Gasteiger charge is 2.18. The molecule has 20 heavy (non-hydrogen) atoms. The Morgan fingerprint density at radius 3 is 3.00 bits per heavy atom. The molecule has 1 aliphatic heterocycles. The van der Waals surface area contributed by atoms with Crippen LogP contribution in [0.15, 0.2) is 29.3 Å². The third-order valence-electron chi connectivity index (χ3n) is 3.73. The van der Waals surface area contributed by atoms with Crippen molar-refractivity contribution in [2.75, 3.05) is 13.1 Å². The largest absolute Gasteiger partial charge is 0.297 e. The van der Waals surface area contributed by atoms with E-state index in [-0.39, 0.29) is 5.56 Å². The van der Waals surface area contributed by atoms with Crippen molar-refractivity contribution >= 4 is 0 Å². The molecule has 0 atom stereocenters. The van der Waals surface area contributed by atoms with Crippen molar-refractivity contribution in [3.05, 3.63) is 46.1 Å². The van der Waals surface area contributed by atoms with Crippen molar-refractivity contribution in [3.8, 4) is 0 Å². The topological polar surface area (TPSA) is 56.0 Å². The summed E-state index contributed by atoms with van der Waals surface area (Å²) in [6.07, 6.45) is 4.68. The molecule has 0 saturated carbocycles. The minimum absolute atomic E-state index is 0.000163. The lowest BCUT2D eigenvalue weighted by atomic mass is 10.1. The first-order chi connectivity index (χ1) is 9.76. The van der Waals surface area contributed by atoms with Crippen LogP contribution in [0.5, 0.6) is 0 Å². The van der Waals surface area contributed by atoms with Crippen molar-refractivity contribution < 1.29 is 0 Å². The van der Waals surface area contributed by atoms with Gasteiger partial charge in [-0.15, -0.1) is 0 Å². The van der Waals surface area contributed by atoms with E-state index in [4.69, 9.17) is 0 Å². The fourth-order valence-corrected chi connectivity index (χ4v) is 2.59. The first-order valence-electron chi connectivity index (χ1n) is 7.06. The van der Waals surface area contributed by atoms with Gasteiger partial charge >= 0.3 is 0 Å². The van der Waals surface area contributed by atoms with Gasteiger partial charge < -0.3 is 0 Å². The Hall–Kier alpha value is -1.95. The summed E-state index contributed by atoms with van der Waals surface area (Å²) in [6.45, 7) is 6.20. The van der Waals surface area contributed by atoms with E-state index in [9.17, 15) is 4.79 Å². The minimum Gasteiger partial charge on any atom is -0.297 e. The normalized spacial score (nSPS) is 15.2. The van der Waals surface area contributed by atoms with Gasteiger partial charge in [-0.25, -0.2) is 4.68 Å². The third kappa shape index (κ3) is 2.65. The first-order valence-corrected chi connectivity index (χ1v) is 7.06. The molecular formula is C14H19N5O. The molecule has 3 rings (SSSR count). The molecule has 0 radical (unpaired) electrons. The quantitative estimate of drug-likeness (QED) is 0.815. The molecule has 3 heterocycles. The lowest BCUT2D eigenvalue weighted by Gasteiger charge is -2.28. The average molecular weight is 273 g/mol. The lowest BCUT2D eigenvalue weighted by Crippen LogP contribution is -2.36. The molecule has 0 aliphatic carbocycles. The van der Waals surface area contributed by atoms with E-state index in [0.717, 1.165) is 43.9 Å². The van der Waals surface area contributed by atoms with Gasteiger partial charge in [0.2, 0.25) is 0 Å². The van der Waals surface area contributed by atoms with Gasteiger partial charge in [-0.05, 0) is 18.6 Å². The molecule has 0 amide bonds. The van der Waals surface area contributed by atoms with Gasteiger partial charge in [-0.3, -0.25) is 14.4 Å². The molecule has 0 spiro atoms. The van der Waals surface area contributed by atoms with Gasteiger partial charge in [0.1, 0.15) is 0 Å². The van der Waals surface area contributed by atoms with E-state index in [2.05, 4.69) is 15.1 Å². The molecule has 2 aromatic heterocycles. The Morgan fingerprint density at radius 1 is 1.35 bits per heavy atom. The highest BCUT2D eigenvalue weighted by atomic mass is 16.1. The first kappa shape index (κ1) is 13.1. The van der Waals surface area contributed by atoms with Crippen molar-refractivity contribution in [3.63, 3.8) is 0 Å². The van der Waals surface area contributed by atoms with Crippen LogP contribution in [-0.2, 0) is 26.1 Å². The molecule has 0 N–H and O–H groups in total. The molecule has 106 valence electrons. The van der Waals surface area contributed by atoms with Gasteiger partial charge in [0.15, 0.2) is 0 Å². The third-order valence-corrected chi connectivity index (χ3v) is 3.73. The fraction of sp³-hybridized carbons (Fsp3) is 0.500. The van der Waals surface area contributed by atoms with Gasteiger partial charge in [0.05, 0.1) is 12.2 Å². The maximum atomic E-state index is 11.8. The van der Waals surface area contributed by atoms with Crippen LogP contribution in [-0.4, -0.2) is 37.6 Å². The summed E-state index contributed by atoms with van der Waals surface area (Å²) in [5.74, 6) is 0. The van der Waals surface area contributed by atoms with Crippen LogP contribution in [0.2, 0.25) is 0 Å². The Bertz CT molecular complexity index is 632. The standard InChI is InChI=1S/C14H19N5O/c1-2-19-14(20)10-12-11-17(7-4-13(12)16-19)8-9-18-6-3-5-15-18/h3,5-6,10H,2,4,7-9,11H2,1H3. The molecule has 0 aromatic carbocycles. The average Bonchev–Trinajstić information content (AvgIpc) is 2.97. The van der Waals surface area contributed by atoms with Crippen LogP contribution in [0.1, 0.15) is 18.2 Å². The van der Waals surface area contributed by atoms with E-state index >= 15 is 0 Å². The number of rotatable bonds is 4. The SMILES string of the molecule is CCn1nc2c(cc1=O)CN(CCn1cccn1)CC2. The van der Waals surface area contributed by atoms with Crippen molar-refractivity contribution in [1.82, 2.24) is 24.5 Å². The summed E-state index contributed by atoms with van der Waals surface area (Å²) < 4.78 is 3.47. The Kier molecular flexibility index (Phi) is 3.64. The number of fused-ring (bicyclic) bond motifs is 1. The van der Waals surface area contributed by atoms with Gasteiger partial charge in [-0.2, -0.15) is 10.2 Å². The second kappa shape index (κ2) is 5.58. The molecule has 6 nitrogen and oxygen atoms in total. The maximum Gasteiger partial charge on any atom is 0.267 e. The van der Waals surface area contributed by atoms with Crippen LogP contribution < -0.4 is 5.56 Å². The summed E-state index contributed by atoms with van der Waals surface area (Å²) in [4.78, 5) is 14.2. The molecule has 1 aliphatic rings. The zero-order valence-corrected chi connectivity index (χ0v) is 11.7. The molecule has 0 unspecified atom stereocenters. The minimum atomic E-state index is 0.000163. The zero-order valence-electron chi connectivity index (χ0n) is 11.7. The monoisotopic (exact) mass is 273 g/mol. The van der Waals surface area contributed by atoms with E-state index in [1.807, 2.05) is 23.9 Å². The summed E-state index contributed by atoms with van der Waals surface area (Å²) in [5.41, 5.74) is 2.15. The summed E-state index contributed by atoms with van der Waals surface area (Å²) >= 11 is 0. The highest BCUT2D eigenvalue weighted by Crippen LogP contribution is 2.14. The summed E-state index contributed by atoms with van der Waals surface area (Å²) in [6, 6.07) is 3.68. The molecular weight excluding hydrogens is 254 g/mol. The number of hydrogen-bond acceptors (Lipinski definition) is 4. The lowest BCUT2D eigenvalue weighted by molar-refractivity contribution is 0.236. The van der Waals surface area contributed by atoms with E-state index in [1.54, 1.807) is 12.3 Å². The highest BCUT2D eigenvalue weighted by molar-refractivity contribution is 5.20.